The maximum Gasteiger partial charge on any atom is 0.337 e. The van der Waals surface area contributed by atoms with E-state index in [9.17, 15) is 23.1 Å². The van der Waals surface area contributed by atoms with E-state index < -0.39 is 16.0 Å². The van der Waals surface area contributed by atoms with Gasteiger partial charge in [-0.15, -0.1) is 0 Å². The largest absolute Gasteiger partial charge is 0.490 e. The van der Waals surface area contributed by atoms with Gasteiger partial charge in [0, 0.05) is 18.3 Å². The number of aromatic carboxylic acids is 1. The molecule has 0 radical (unpaired) electrons. The Hall–Kier alpha value is -3.96. The summed E-state index contributed by atoms with van der Waals surface area (Å²) < 4.78 is 37.3. The van der Waals surface area contributed by atoms with Crippen LogP contribution in [0.15, 0.2) is 66.9 Å². The van der Waals surface area contributed by atoms with Crippen molar-refractivity contribution in [1.29, 1.82) is 0 Å². The first kappa shape index (κ1) is 27.1. The smallest absolute Gasteiger partial charge is 0.337 e. The van der Waals surface area contributed by atoms with Crippen LogP contribution in [0, 0.1) is 0 Å². The minimum atomic E-state index is -3.20. The number of pyridine rings is 1. The van der Waals surface area contributed by atoms with Gasteiger partial charge in [-0.1, -0.05) is 18.2 Å². The number of amides is 1. The molecule has 3 N–H and O–H groups in total. The first-order valence-corrected chi connectivity index (χ1v) is 14.0. The summed E-state index contributed by atoms with van der Waals surface area (Å²) in [6.45, 7) is 0. The lowest BCUT2D eigenvalue weighted by Crippen LogP contribution is -2.39. The van der Waals surface area contributed by atoms with E-state index in [2.05, 4.69) is 15.0 Å². The van der Waals surface area contributed by atoms with E-state index in [0.29, 0.717) is 22.9 Å². The van der Waals surface area contributed by atoms with Crippen LogP contribution < -0.4 is 19.5 Å². The Morgan fingerprint density at radius 2 is 1.66 bits per heavy atom. The number of carbonyl (C=O) groups excluding carboxylic acids is 1. The number of ether oxygens (including phenoxy) is 2. The second-order valence-electron chi connectivity index (χ2n) is 9.14. The summed E-state index contributed by atoms with van der Waals surface area (Å²) in [7, 11) is -3.20. The van der Waals surface area contributed by atoms with E-state index in [1.54, 1.807) is 36.4 Å². The molecular formula is C27H29N3O7S. The average molecular weight is 540 g/mol. The summed E-state index contributed by atoms with van der Waals surface area (Å²) in [6, 6.07) is 16.7. The third-order valence-corrected chi connectivity index (χ3v) is 6.76. The van der Waals surface area contributed by atoms with Gasteiger partial charge in [0.05, 0.1) is 30.0 Å². The molecule has 38 heavy (non-hydrogen) atoms. The van der Waals surface area contributed by atoms with Crippen molar-refractivity contribution < 1.29 is 32.6 Å². The molecule has 10 nitrogen and oxygen atoms in total. The standard InChI is InChI=1S/C27H29N3O7S/c1-38(34,35)30-19-7-9-20(10-8-19)36-21-11-13-22(14-12-21)37-26-15-6-18(17-28-26)16-25(31)29-24-5-3-2-4-23(24)27(32)33/h2-6,11-15,17,19-20,30H,7-10,16H2,1H3,(H,29,31)(H,32,33). The zero-order chi connectivity index (χ0) is 27.1. The summed E-state index contributed by atoms with van der Waals surface area (Å²) in [5.41, 5.74) is 0.906. The zero-order valence-electron chi connectivity index (χ0n) is 20.8. The summed E-state index contributed by atoms with van der Waals surface area (Å²) >= 11 is 0. The third kappa shape index (κ3) is 8.02. The minimum Gasteiger partial charge on any atom is -0.490 e. The highest BCUT2D eigenvalue weighted by molar-refractivity contribution is 7.88. The number of benzene rings is 2. The maximum atomic E-state index is 12.4. The average Bonchev–Trinajstić information content (AvgIpc) is 2.87. The van der Waals surface area contributed by atoms with Crippen LogP contribution >= 0.6 is 0 Å². The van der Waals surface area contributed by atoms with Crippen molar-refractivity contribution in [3.8, 4) is 17.4 Å². The number of sulfonamides is 1. The third-order valence-electron chi connectivity index (χ3n) is 6.00. The van der Waals surface area contributed by atoms with Crippen LogP contribution in [0.3, 0.4) is 0 Å². The van der Waals surface area contributed by atoms with Gasteiger partial charge < -0.3 is 19.9 Å². The number of nitrogens with one attached hydrogen (secondary N) is 2. The summed E-state index contributed by atoms with van der Waals surface area (Å²) in [6.07, 6.45) is 5.77. The number of para-hydroxylation sites is 1. The molecule has 2 aromatic carbocycles. The van der Waals surface area contributed by atoms with Crippen LogP contribution in [-0.2, 0) is 21.2 Å². The number of hydrogen-bond acceptors (Lipinski definition) is 7. The van der Waals surface area contributed by atoms with E-state index in [1.165, 1.54) is 24.6 Å². The predicted molar refractivity (Wildman–Crippen MR) is 141 cm³/mol. The quantitative estimate of drug-likeness (QED) is 0.351. The Kier molecular flexibility index (Phi) is 8.59. The lowest BCUT2D eigenvalue weighted by molar-refractivity contribution is -0.115. The summed E-state index contributed by atoms with van der Waals surface area (Å²) in [5.74, 6) is 0.160. The molecule has 0 saturated heterocycles. The molecule has 0 unspecified atom stereocenters. The fourth-order valence-corrected chi connectivity index (χ4v) is 5.08. The van der Waals surface area contributed by atoms with Crippen molar-refractivity contribution in [2.45, 2.75) is 44.2 Å². The Labute approximate surface area is 221 Å². The second-order valence-corrected chi connectivity index (χ2v) is 10.9. The lowest BCUT2D eigenvalue weighted by atomic mass is 9.94. The van der Waals surface area contributed by atoms with Gasteiger partial charge in [0.1, 0.15) is 11.5 Å². The predicted octanol–water partition coefficient (Wildman–Crippen LogP) is 3.99. The molecule has 0 aliphatic heterocycles. The fourth-order valence-electron chi connectivity index (χ4n) is 4.24. The second kappa shape index (κ2) is 12.1. The molecule has 4 rings (SSSR count). The van der Waals surface area contributed by atoms with Crippen molar-refractivity contribution in [2.24, 2.45) is 0 Å². The molecule has 11 heteroatoms. The summed E-state index contributed by atoms with van der Waals surface area (Å²) in [4.78, 5) is 27.9. The highest BCUT2D eigenvalue weighted by atomic mass is 32.2. The van der Waals surface area contributed by atoms with E-state index in [0.717, 1.165) is 25.7 Å². The van der Waals surface area contributed by atoms with Crippen molar-refractivity contribution >= 4 is 27.6 Å². The molecule has 1 amide bonds. The van der Waals surface area contributed by atoms with Crippen LogP contribution in [0.2, 0.25) is 0 Å². The fraction of sp³-hybridized carbons (Fsp3) is 0.296. The summed E-state index contributed by atoms with van der Waals surface area (Å²) in [5, 5.41) is 11.9. The van der Waals surface area contributed by atoms with Crippen molar-refractivity contribution in [1.82, 2.24) is 9.71 Å². The van der Waals surface area contributed by atoms with Gasteiger partial charge >= 0.3 is 5.97 Å². The molecule has 1 aromatic heterocycles. The number of anilines is 1. The molecule has 1 aliphatic rings. The topological polar surface area (TPSA) is 144 Å². The zero-order valence-corrected chi connectivity index (χ0v) is 21.6. The number of nitrogens with zero attached hydrogens (tertiary/aromatic N) is 1. The van der Waals surface area contributed by atoms with Gasteiger partial charge in [-0.2, -0.15) is 0 Å². The monoisotopic (exact) mass is 539 g/mol. The number of carboxylic acid groups (broad SMARTS) is 1. The van der Waals surface area contributed by atoms with Gasteiger partial charge in [0.2, 0.25) is 21.8 Å². The van der Waals surface area contributed by atoms with Gasteiger partial charge in [-0.05, 0) is 67.6 Å². The van der Waals surface area contributed by atoms with E-state index >= 15 is 0 Å². The molecule has 1 heterocycles. The Morgan fingerprint density at radius 3 is 2.29 bits per heavy atom. The normalized spacial score (nSPS) is 17.4. The molecule has 0 bridgehead atoms. The number of rotatable bonds is 10. The number of carboxylic acids is 1. The van der Waals surface area contributed by atoms with E-state index in [1.807, 2.05) is 12.1 Å². The Bertz CT molecular complexity index is 1370. The first-order valence-electron chi connectivity index (χ1n) is 12.1. The van der Waals surface area contributed by atoms with Crippen LogP contribution in [0.5, 0.6) is 17.4 Å². The van der Waals surface area contributed by atoms with Crippen LogP contribution in [0.1, 0.15) is 41.6 Å². The van der Waals surface area contributed by atoms with Gasteiger partial charge in [0.15, 0.2) is 0 Å². The molecule has 1 aliphatic carbocycles. The van der Waals surface area contributed by atoms with Crippen molar-refractivity contribution in [3.63, 3.8) is 0 Å². The Morgan fingerprint density at radius 1 is 0.974 bits per heavy atom. The van der Waals surface area contributed by atoms with E-state index in [4.69, 9.17) is 9.47 Å². The highest BCUT2D eigenvalue weighted by Gasteiger charge is 2.24. The van der Waals surface area contributed by atoms with Crippen molar-refractivity contribution in [2.75, 3.05) is 11.6 Å². The van der Waals surface area contributed by atoms with Crippen LogP contribution in [-0.4, -0.2) is 48.8 Å². The highest BCUT2D eigenvalue weighted by Crippen LogP contribution is 2.27. The Balaban J connectivity index is 1.25. The lowest BCUT2D eigenvalue weighted by Gasteiger charge is -2.29. The van der Waals surface area contributed by atoms with Gasteiger partial charge in [-0.25, -0.2) is 22.9 Å². The molecule has 200 valence electrons. The minimum absolute atomic E-state index is 0.0217. The number of carbonyl (C=O) groups is 2. The molecule has 1 fully saturated rings. The molecule has 0 spiro atoms. The maximum absolute atomic E-state index is 12.4. The molecule has 1 saturated carbocycles. The van der Waals surface area contributed by atoms with E-state index in [-0.39, 0.29) is 35.7 Å². The SMILES string of the molecule is CS(=O)(=O)NC1CCC(Oc2ccc(Oc3ccc(CC(=O)Nc4ccccc4C(=O)O)cn3)cc2)CC1. The molecule has 3 aromatic rings. The molecular weight excluding hydrogens is 510 g/mol. The van der Waals surface area contributed by atoms with Gasteiger partial charge in [0.25, 0.3) is 0 Å². The first-order chi connectivity index (χ1) is 18.1. The van der Waals surface area contributed by atoms with Crippen LogP contribution in [0.25, 0.3) is 0 Å². The number of aromatic nitrogens is 1. The molecule has 0 atom stereocenters. The number of hydrogen-bond donors (Lipinski definition) is 3. The van der Waals surface area contributed by atoms with Crippen LogP contribution in [0.4, 0.5) is 5.69 Å². The van der Waals surface area contributed by atoms with Gasteiger partial charge in [-0.3, -0.25) is 4.79 Å². The van der Waals surface area contributed by atoms with Crippen molar-refractivity contribution in [3.05, 3.63) is 78.0 Å².